The molecule has 27 heavy (non-hydrogen) atoms. The third-order valence-electron chi connectivity index (χ3n) is 4.55. The van der Waals surface area contributed by atoms with Gasteiger partial charge in [-0.25, -0.2) is 13.8 Å². The molecule has 0 amide bonds. The van der Waals surface area contributed by atoms with E-state index in [-0.39, 0.29) is 5.89 Å². The van der Waals surface area contributed by atoms with Gasteiger partial charge in [0.25, 0.3) is 0 Å². The lowest BCUT2D eigenvalue weighted by molar-refractivity contribution is 0.408. The molecule has 0 aliphatic heterocycles. The van der Waals surface area contributed by atoms with Gasteiger partial charge in [-0.1, -0.05) is 6.07 Å². The molecule has 0 aliphatic rings. The molecule has 3 nitrogen and oxygen atoms in total. The number of hydrogen-bond acceptors (Lipinski definition) is 3. The minimum atomic E-state index is -0.931. The molecule has 0 bridgehead atoms. The average Bonchev–Trinajstić information content (AvgIpc) is 3.07. The fourth-order valence-electron chi connectivity index (χ4n) is 3.30. The number of fused-ring (bicyclic) bond motifs is 1. The van der Waals surface area contributed by atoms with Gasteiger partial charge in [0.15, 0.2) is 17.2 Å². The van der Waals surface area contributed by atoms with Gasteiger partial charge in [-0.05, 0) is 78.6 Å². The van der Waals surface area contributed by atoms with Crippen molar-refractivity contribution in [2.45, 2.75) is 13.8 Å². The quantitative estimate of drug-likeness (QED) is 0.442. The summed E-state index contributed by atoms with van der Waals surface area (Å²) >= 11 is 0. The van der Waals surface area contributed by atoms with Crippen LogP contribution in [0.1, 0.15) is 11.1 Å². The summed E-state index contributed by atoms with van der Waals surface area (Å²) in [7, 11) is 1.66. The maximum Gasteiger partial charge on any atom is 0.227 e. The lowest BCUT2D eigenvalue weighted by Crippen LogP contribution is -1.92. The Balaban J connectivity index is 1.78. The fourth-order valence-corrected chi connectivity index (χ4v) is 3.30. The van der Waals surface area contributed by atoms with E-state index in [4.69, 9.17) is 9.15 Å². The lowest BCUT2D eigenvalue weighted by atomic mass is 9.99. The standard InChI is InChI=1S/C22H17F2NO2/c1-12-8-16(9-13(2)21(12)26-3)14-5-7-19-20(11-14)27-22(25-19)15-4-6-17(23)18(24)10-15/h4-11H,1-3H3. The number of nitrogens with zero attached hydrogens (tertiary/aromatic N) is 1. The second-order valence-corrected chi connectivity index (χ2v) is 6.47. The van der Waals surface area contributed by atoms with Gasteiger partial charge < -0.3 is 9.15 Å². The van der Waals surface area contributed by atoms with Crippen LogP contribution in [0.25, 0.3) is 33.7 Å². The van der Waals surface area contributed by atoms with E-state index in [1.165, 1.54) is 6.07 Å². The molecular weight excluding hydrogens is 348 g/mol. The smallest absolute Gasteiger partial charge is 0.227 e. The number of halogens is 2. The predicted octanol–water partition coefficient (Wildman–Crippen LogP) is 6.07. The second-order valence-electron chi connectivity index (χ2n) is 6.47. The average molecular weight is 365 g/mol. The van der Waals surface area contributed by atoms with Crippen molar-refractivity contribution in [2.24, 2.45) is 0 Å². The molecule has 136 valence electrons. The monoisotopic (exact) mass is 365 g/mol. The number of hydrogen-bond donors (Lipinski definition) is 0. The van der Waals surface area contributed by atoms with Crippen molar-refractivity contribution in [3.63, 3.8) is 0 Å². The Kier molecular flexibility index (Phi) is 4.15. The van der Waals surface area contributed by atoms with Gasteiger partial charge in [0.2, 0.25) is 5.89 Å². The molecule has 5 heteroatoms. The highest BCUT2D eigenvalue weighted by Crippen LogP contribution is 2.33. The molecule has 4 rings (SSSR count). The Labute approximate surface area is 155 Å². The van der Waals surface area contributed by atoms with E-state index in [0.29, 0.717) is 16.7 Å². The molecule has 0 spiro atoms. The van der Waals surface area contributed by atoms with Gasteiger partial charge in [0.1, 0.15) is 11.3 Å². The fraction of sp³-hybridized carbons (Fsp3) is 0.136. The molecule has 0 atom stereocenters. The third kappa shape index (κ3) is 3.05. The zero-order valence-corrected chi connectivity index (χ0v) is 15.1. The summed E-state index contributed by atoms with van der Waals surface area (Å²) in [6, 6.07) is 13.4. The minimum Gasteiger partial charge on any atom is -0.496 e. The first-order valence-corrected chi connectivity index (χ1v) is 8.48. The van der Waals surface area contributed by atoms with Crippen LogP contribution in [-0.2, 0) is 0 Å². The van der Waals surface area contributed by atoms with Crippen molar-refractivity contribution in [3.05, 3.63) is 71.3 Å². The first kappa shape index (κ1) is 17.2. The summed E-state index contributed by atoms with van der Waals surface area (Å²) in [6.45, 7) is 4.01. The molecule has 3 aromatic carbocycles. The lowest BCUT2D eigenvalue weighted by Gasteiger charge is -2.11. The van der Waals surface area contributed by atoms with Gasteiger partial charge in [0, 0.05) is 5.56 Å². The van der Waals surface area contributed by atoms with Crippen LogP contribution in [0.4, 0.5) is 8.78 Å². The van der Waals surface area contributed by atoms with Gasteiger partial charge in [-0.2, -0.15) is 0 Å². The second kappa shape index (κ2) is 6.50. The van der Waals surface area contributed by atoms with Crippen LogP contribution in [0.3, 0.4) is 0 Å². The summed E-state index contributed by atoms with van der Waals surface area (Å²) in [5.74, 6) is -0.703. The first-order chi connectivity index (χ1) is 13.0. The number of benzene rings is 3. The third-order valence-corrected chi connectivity index (χ3v) is 4.55. The summed E-state index contributed by atoms with van der Waals surface area (Å²) in [5, 5.41) is 0. The number of rotatable bonds is 3. The topological polar surface area (TPSA) is 35.3 Å². The summed E-state index contributed by atoms with van der Waals surface area (Å²) in [4.78, 5) is 4.38. The highest BCUT2D eigenvalue weighted by Gasteiger charge is 2.13. The van der Waals surface area contributed by atoms with Crippen LogP contribution in [-0.4, -0.2) is 12.1 Å². The van der Waals surface area contributed by atoms with Gasteiger partial charge in [-0.3, -0.25) is 0 Å². The van der Waals surface area contributed by atoms with E-state index in [9.17, 15) is 8.78 Å². The molecule has 1 heterocycles. The van der Waals surface area contributed by atoms with E-state index in [2.05, 4.69) is 17.1 Å². The Morgan fingerprint density at radius 3 is 2.19 bits per heavy atom. The van der Waals surface area contributed by atoms with Crippen molar-refractivity contribution in [2.75, 3.05) is 7.11 Å². The van der Waals surface area contributed by atoms with Crippen molar-refractivity contribution in [1.82, 2.24) is 4.98 Å². The van der Waals surface area contributed by atoms with Gasteiger partial charge in [0.05, 0.1) is 7.11 Å². The van der Waals surface area contributed by atoms with Gasteiger partial charge in [-0.15, -0.1) is 0 Å². The van der Waals surface area contributed by atoms with Gasteiger partial charge >= 0.3 is 0 Å². The van der Waals surface area contributed by atoms with Crippen LogP contribution < -0.4 is 4.74 Å². The molecule has 0 aliphatic carbocycles. The molecule has 4 aromatic rings. The molecular formula is C22H17F2NO2. The SMILES string of the molecule is COc1c(C)cc(-c2ccc3nc(-c4ccc(F)c(F)c4)oc3c2)cc1C. The maximum absolute atomic E-state index is 13.5. The van der Waals surface area contributed by atoms with Crippen molar-refractivity contribution >= 4 is 11.1 Å². The first-order valence-electron chi connectivity index (χ1n) is 8.48. The molecule has 0 radical (unpaired) electrons. The Hall–Kier alpha value is -3.21. The van der Waals surface area contributed by atoms with Crippen molar-refractivity contribution < 1.29 is 17.9 Å². The predicted molar refractivity (Wildman–Crippen MR) is 101 cm³/mol. The minimum absolute atomic E-state index is 0.253. The summed E-state index contributed by atoms with van der Waals surface area (Å²) in [6.07, 6.45) is 0. The Morgan fingerprint density at radius 2 is 1.52 bits per heavy atom. The number of aryl methyl sites for hydroxylation is 2. The van der Waals surface area contributed by atoms with Crippen LogP contribution in [0.15, 0.2) is 52.9 Å². The molecule has 0 N–H and O–H groups in total. The van der Waals surface area contributed by atoms with E-state index < -0.39 is 11.6 Å². The van der Waals surface area contributed by atoms with E-state index in [1.807, 2.05) is 32.0 Å². The Bertz CT molecular complexity index is 1140. The number of aromatic nitrogens is 1. The number of methoxy groups -OCH3 is 1. The van der Waals surface area contributed by atoms with Crippen molar-refractivity contribution in [1.29, 1.82) is 0 Å². The van der Waals surface area contributed by atoms with Crippen LogP contribution >= 0.6 is 0 Å². The zero-order valence-electron chi connectivity index (χ0n) is 15.1. The van der Waals surface area contributed by atoms with E-state index in [0.717, 1.165) is 40.1 Å². The maximum atomic E-state index is 13.5. The van der Waals surface area contributed by atoms with Crippen LogP contribution in [0.2, 0.25) is 0 Å². The molecule has 0 fully saturated rings. The summed E-state index contributed by atoms with van der Waals surface area (Å²) in [5.41, 5.74) is 5.74. The molecule has 0 saturated carbocycles. The van der Waals surface area contributed by atoms with Crippen molar-refractivity contribution in [3.8, 4) is 28.3 Å². The van der Waals surface area contributed by atoms with Crippen LogP contribution in [0.5, 0.6) is 5.75 Å². The van der Waals surface area contributed by atoms with Crippen LogP contribution in [0, 0.1) is 25.5 Å². The van der Waals surface area contributed by atoms with E-state index >= 15 is 0 Å². The van der Waals surface area contributed by atoms with E-state index in [1.54, 1.807) is 7.11 Å². The molecule has 0 saturated heterocycles. The highest BCUT2D eigenvalue weighted by atomic mass is 19.2. The number of oxazole rings is 1. The largest absolute Gasteiger partial charge is 0.496 e. The zero-order chi connectivity index (χ0) is 19.1. The number of ether oxygens (including phenoxy) is 1. The highest BCUT2D eigenvalue weighted by molar-refractivity contribution is 5.82. The normalized spacial score (nSPS) is 11.1. The summed E-state index contributed by atoms with van der Waals surface area (Å²) < 4.78 is 37.8. The molecule has 1 aromatic heterocycles. The molecule has 0 unspecified atom stereocenters. The Morgan fingerprint density at radius 1 is 0.815 bits per heavy atom.